The van der Waals surface area contributed by atoms with Crippen LogP contribution in [0.25, 0.3) is 0 Å². The van der Waals surface area contributed by atoms with Crippen LogP contribution in [-0.2, 0) is 28.5 Å². The van der Waals surface area contributed by atoms with Gasteiger partial charge in [-0.05, 0) is 68.5 Å². The number of halogens is 1. The molecule has 0 aromatic rings. The number of amides is 1. The van der Waals surface area contributed by atoms with Crippen LogP contribution in [0.2, 0.25) is 0 Å². The predicted octanol–water partition coefficient (Wildman–Crippen LogP) is 4.39. The van der Waals surface area contributed by atoms with Gasteiger partial charge in [0.25, 0.3) is 0 Å². The Balaban J connectivity index is 3.11. The fourth-order valence-corrected chi connectivity index (χ4v) is 3.53. The summed E-state index contributed by atoms with van der Waals surface area (Å²) in [7, 11) is 1.57. The van der Waals surface area contributed by atoms with Crippen LogP contribution in [0.1, 0.15) is 55.4 Å². The number of nitrogens with zero attached hydrogens (tertiary/aromatic N) is 1. The first-order valence-electron chi connectivity index (χ1n) is 11.1. The summed E-state index contributed by atoms with van der Waals surface area (Å²) in [5.41, 5.74) is -0.624. The molecule has 0 saturated heterocycles. The maximum atomic E-state index is 12.6. The minimum absolute atomic E-state index is 0.0339. The summed E-state index contributed by atoms with van der Waals surface area (Å²) in [5, 5.41) is 2.17. The molecule has 1 N–H and O–H groups in total. The zero-order chi connectivity index (χ0) is 25.3. The second-order valence-electron chi connectivity index (χ2n) is 9.37. The Bertz CT molecular complexity index is 718. The van der Waals surface area contributed by atoms with Gasteiger partial charge in [-0.2, -0.15) is 0 Å². The number of amidine groups is 1. The molecule has 0 fully saturated rings. The van der Waals surface area contributed by atoms with E-state index in [4.69, 9.17) is 23.7 Å². The van der Waals surface area contributed by atoms with Crippen LogP contribution in [0.4, 0.5) is 4.79 Å². The van der Waals surface area contributed by atoms with Crippen molar-refractivity contribution in [2.75, 3.05) is 20.5 Å². The fraction of sp³-hybridized carbons (Fsp3) is 0.783. The van der Waals surface area contributed by atoms with E-state index in [0.29, 0.717) is 12.4 Å². The number of methoxy groups -OCH3 is 1. The van der Waals surface area contributed by atoms with Crippen molar-refractivity contribution in [1.82, 2.24) is 5.32 Å². The minimum atomic E-state index is -0.624. The Hall–Kier alpha value is -1.65. The molecule has 9 nitrogen and oxygen atoms in total. The van der Waals surface area contributed by atoms with E-state index in [1.807, 2.05) is 6.92 Å². The quantitative estimate of drug-likeness (QED) is 0.117. The lowest BCUT2D eigenvalue weighted by molar-refractivity contribution is -0.148. The number of alkyl carbamates (subject to hydrolysis) is 1. The highest BCUT2D eigenvalue weighted by molar-refractivity contribution is 9.09. The summed E-state index contributed by atoms with van der Waals surface area (Å²) in [6, 6.07) is -0.415. The number of rotatable bonds is 9. The molecular formula is C23H39BrN2O7. The molecule has 0 aromatic heterocycles. The highest BCUT2D eigenvalue weighted by Gasteiger charge is 2.39. The van der Waals surface area contributed by atoms with Gasteiger partial charge in [-0.1, -0.05) is 20.8 Å². The standard InChI is InChI=1S/C23H39BrN2O7/c1-13(11-30-12-29-9)14(2)20-15(3)18(10-19(32-20)21(27)31-16(4)24)25-17(5)26-22(28)33-23(6,7)8/h10,13-16,18,20H,11-12H2,1-9H3,(H,25,26,28)/t13-,14-,15-,16?,18+,20+/m1/s1. The number of ether oxygens (including phenoxy) is 5. The molecule has 0 aliphatic carbocycles. The van der Waals surface area contributed by atoms with Crippen LogP contribution in [0.5, 0.6) is 0 Å². The Kier molecular flexibility index (Phi) is 11.8. The topological polar surface area (TPSA) is 105 Å². The van der Waals surface area contributed by atoms with E-state index in [1.165, 1.54) is 0 Å². The van der Waals surface area contributed by atoms with E-state index < -0.39 is 28.7 Å². The van der Waals surface area contributed by atoms with Gasteiger partial charge in [0.2, 0.25) is 5.76 Å². The molecular weight excluding hydrogens is 496 g/mol. The average Bonchev–Trinajstić information content (AvgIpc) is 2.66. The first kappa shape index (κ1) is 29.4. The molecule has 10 heteroatoms. The van der Waals surface area contributed by atoms with Crippen LogP contribution in [0.15, 0.2) is 16.8 Å². The maximum absolute atomic E-state index is 12.6. The number of carbonyl (C=O) groups is 2. The highest BCUT2D eigenvalue weighted by atomic mass is 79.9. The zero-order valence-electron chi connectivity index (χ0n) is 21.1. The van der Waals surface area contributed by atoms with Crippen LogP contribution in [-0.4, -0.2) is 61.2 Å². The second-order valence-corrected chi connectivity index (χ2v) is 10.7. The van der Waals surface area contributed by atoms with Crippen LogP contribution in [0.3, 0.4) is 0 Å². The molecule has 1 heterocycles. The monoisotopic (exact) mass is 534 g/mol. The third-order valence-corrected chi connectivity index (χ3v) is 5.32. The van der Waals surface area contributed by atoms with Gasteiger partial charge in [-0.15, -0.1) is 0 Å². The molecule has 1 aliphatic heterocycles. The Morgan fingerprint density at radius 1 is 1.27 bits per heavy atom. The van der Waals surface area contributed by atoms with Crippen molar-refractivity contribution in [3.8, 4) is 0 Å². The Labute approximate surface area is 205 Å². The maximum Gasteiger partial charge on any atom is 0.413 e. The average molecular weight is 535 g/mol. The number of aliphatic imine (C=N–C) groups is 1. The van der Waals surface area contributed by atoms with Gasteiger partial charge in [0, 0.05) is 13.0 Å². The molecule has 1 amide bonds. The summed E-state index contributed by atoms with van der Waals surface area (Å²) >= 11 is 3.22. The molecule has 0 spiro atoms. The van der Waals surface area contributed by atoms with Gasteiger partial charge < -0.3 is 23.7 Å². The number of hydrogen-bond acceptors (Lipinski definition) is 8. The van der Waals surface area contributed by atoms with Crippen molar-refractivity contribution in [3.63, 3.8) is 0 Å². The molecule has 0 radical (unpaired) electrons. The van der Waals surface area contributed by atoms with Gasteiger partial charge in [-0.25, -0.2) is 9.59 Å². The molecule has 33 heavy (non-hydrogen) atoms. The van der Waals surface area contributed by atoms with Crippen molar-refractivity contribution in [1.29, 1.82) is 0 Å². The first-order valence-corrected chi connectivity index (χ1v) is 12.0. The van der Waals surface area contributed by atoms with Crippen molar-refractivity contribution < 1.29 is 33.3 Å². The number of alkyl halides is 1. The Morgan fingerprint density at radius 2 is 1.91 bits per heavy atom. The normalized spacial score (nSPS) is 24.1. The highest BCUT2D eigenvalue weighted by Crippen LogP contribution is 2.34. The molecule has 6 atom stereocenters. The lowest BCUT2D eigenvalue weighted by Crippen LogP contribution is -2.43. The van der Waals surface area contributed by atoms with Gasteiger partial charge >= 0.3 is 12.1 Å². The summed E-state index contributed by atoms with van der Waals surface area (Å²) in [5.74, 6) is -0.0260. The summed E-state index contributed by atoms with van der Waals surface area (Å²) < 4.78 is 27.1. The van der Waals surface area contributed by atoms with E-state index in [1.54, 1.807) is 47.8 Å². The molecule has 0 saturated carbocycles. The van der Waals surface area contributed by atoms with Gasteiger partial charge in [-0.3, -0.25) is 10.3 Å². The number of esters is 1. The van der Waals surface area contributed by atoms with Gasteiger partial charge in [0.1, 0.15) is 24.3 Å². The lowest BCUT2D eigenvalue weighted by Gasteiger charge is -2.38. The third-order valence-electron chi connectivity index (χ3n) is 5.13. The summed E-state index contributed by atoms with van der Waals surface area (Å²) in [6.45, 7) is 15.5. The number of hydrogen-bond donors (Lipinski definition) is 1. The molecule has 1 rings (SSSR count). The van der Waals surface area contributed by atoms with E-state index in [9.17, 15) is 9.59 Å². The van der Waals surface area contributed by atoms with E-state index in [-0.39, 0.29) is 36.4 Å². The third kappa shape index (κ3) is 10.4. The van der Waals surface area contributed by atoms with Crippen molar-refractivity contribution in [3.05, 3.63) is 11.8 Å². The van der Waals surface area contributed by atoms with E-state index >= 15 is 0 Å². The predicted molar refractivity (Wildman–Crippen MR) is 129 cm³/mol. The van der Waals surface area contributed by atoms with Gasteiger partial charge in [0.15, 0.2) is 5.01 Å². The van der Waals surface area contributed by atoms with Crippen molar-refractivity contribution >= 4 is 33.8 Å². The first-order chi connectivity index (χ1) is 15.2. The largest absolute Gasteiger partial charge is 0.483 e. The van der Waals surface area contributed by atoms with Crippen molar-refractivity contribution in [2.45, 2.75) is 78.1 Å². The van der Waals surface area contributed by atoms with Crippen molar-refractivity contribution in [2.24, 2.45) is 22.7 Å². The fourth-order valence-electron chi connectivity index (χ4n) is 3.36. The summed E-state index contributed by atoms with van der Waals surface area (Å²) in [4.78, 5) is 29.4. The molecule has 1 aliphatic rings. The van der Waals surface area contributed by atoms with Gasteiger partial charge in [0.05, 0.1) is 12.6 Å². The SMILES string of the molecule is COCOC[C@@H](C)[C@@H](C)[C@@H]1OC(C(=O)OC(C)Br)=C[C@H](N=C(C)NC(=O)OC(C)(C)C)[C@H]1C. The van der Waals surface area contributed by atoms with E-state index in [0.717, 1.165) is 0 Å². The number of nitrogens with one attached hydrogen (secondary N) is 1. The van der Waals surface area contributed by atoms with E-state index in [2.05, 4.69) is 40.1 Å². The Morgan fingerprint density at radius 3 is 2.45 bits per heavy atom. The minimum Gasteiger partial charge on any atom is -0.483 e. The summed E-state index contributed by atoms with van der Waals surface area (Å²) in [6.07, 6.45) is 0.722. The van der Waals surface area contributed by atoms with Crippen LogP contribution >= 0.6 is 15.9 Å². The second kappa shape index (κ2) is 13.3. The zero-order valence-corrected chi connectivity index (χ0v) is 22.7. The van der Waals surface area contributed by atoms with Crippen LogP contribution in [0, 0.1) is 17.8 Å². The molecule has 0 bridgehead atoms. The smallest absolute Gasteiger partial charge is 0.413 e. The molecule has 190 valence electrons. The number of carbonyl (C=O) groups excluding carboxylic acids is 2. The van der Waals surface area contributed by atoms with Crippen LogP contribution < -0.4 is 5.32 Å². The molecule has 0 aromatic carbocycles. The molecule has 1 unspecified atom stereocenters. The lowest BCUT2D eigenvalue weighted by atomic mass is 9.80.